The van der Waals surface area contributed by atoms with Gasteiger partial charge in [0.1, 0.15) is 17.0 Å². The number of hydrogen-bond donors (Lipinski definition) is 1. The van der Waals surface area contributed by atoms with Crippen molar-refractivity contribution in [2.45, 2.75) is 13.1 Å². The lowest BCUT2D eigenvalue weighted by Gasteiger charge is -2.12. The van der Waals surface area contributed by atoms with Gasteiger partial charge in [0, 0.05) is 21.2 Å². The molecule has 4 aromatic rings. The fourth-order valence-corrected chi connectivity index (χ4v) is 4.15. The van der Waals surface area contributed by atoms with Crippen molar-refractivity contribution in [3.63, 3.8) is 0 Å². The third kappa shape index (κ3) is 3.55. The number of nitrogens with one attached hydrogen (secondary N) is 1. The van der Waals surface area contributed by atoms with Crippen molar-refractivity contribution >= 4 is 44.7 Å². The number of hydrogen-bond acceptors (Lipinski definition) is 4. The van der Waals surface area contributed by atoms with E-state index >= 15 is 0 Å². The van der Waals surface area contributed by atoms with Crippen LogP contribution >= 0.6 is 22.9 Å². The van der Waals surface area contributed by atoms with Crippen LogP contribution < -0.4 is 5.32 Å². The van der Waals surface area contributed by atoms with Crippen LogP contribution in [0.4, 0.5) is 24.7 Å². The predicted octanol–water partition coefficient (Wildman–Crippen LogP) is 7.08. The molecule has 142 valence electrons. The lowest BCUT2D eigenvalue weighted by atomic mass is 10.0. The summed E-state index contributed by atoms with van der Waals surface area (Å²) >= 11 is 7.50. The lowest BCUT2D eigenvalue weighted by Crippen LogP contribution is -2.05. The summed E-state index contributed by atoms with van der Waals surface area (Å²) in [5, 5.41) is 4.42. The molecule has 8 heteroatoms. The highest BCUT2D eigenvalue weighted by Gasteiger charge is 2.30. The molecule has 0 aliphatic rings. The zero-order chi connectivity index (χ0) is 19.9. The molecule has 0 aliphatic heterocycles. The highest BCUT2D eigenvalue weighted by molar-refractivity contribution is 7.19. The number of aromatic nitrogens is 2. The molecule has 1 N–H and O–H groups in total. The first kappa shape index (κ1) is 18.7. The van der Waals surface area contributed by atoms with Crippen molar-refractivity contribution in [1.29, 1.82) is 0 Å². The Labute approximate surface area is 167 Å². The zero-order valence-electron chi connectivity index (χ0n) is 14.5. The normalized spacial score (nSPS) is 11.8. The van der Waals surface area contributed by atoms with Crippen LogP contribution in [-0.2, 0) is 6.18 Å². The fourth-order valence-electron chi connectivity index (χ4n) is 3.01. The monoisotopic (exact) mass is 419 g/mol. The molecule has 28 heavy (non-hydrogen) atoms. The van der Waals surface area contributed by atoms with Crippen LogP contribution in [0.25, 0.3) is 21.3 Å². The summed E-state index contributed by atoms with van der Waals surface area (Å²) in [6.07, 6.45) is -3.01. The highest BCUT2D eigenvalue weighted by atomic mass is 35.5. The quantitative estimate of drug-likeness (QED) is 0.385. The Balaban J connectivity index is 1.84. The number of halogens is 4. The largest absolute Gasteiger partial charge is 0.416 e. The van der Waals surface area contributed by atoms with Gasteiger partial charge in [0.15, 0.2) is 0 Å². The Kier molecular flexibility index (Phi) is 4.72. The molecule has 3 nitrogen and oxygen atoms in total. The van der Waals surface area contributed by atoms with Crippen LogP contribution in [0.5, 0.6) is 0 Å². The second-order valence-electron chi connectivity index (χ2n) is 6.15. The molecule has 0 atom stereocenters. The maximum absolute atomic E-state index is 13.0. The predicted molar refractivity (Wildman–Crippen MR) is 107 cm³/mol. The summed E-state index contributed by atoms with van der Waals surface area (Å²) in [4.78, 5) is 10.4. The molecule has 2 aromatic heterocycles. The van der Waals surface area contributed by atoms with E-state index in [4.69, 9.17) is 11.6 Å². The van der Waals surface area contributed by atoms with E-state index in [1.165, 1.54) is 23.7 Å². The number of alkyl halides is 3. The van der Waals surface area contributed by atoms with Gasteiger partial charge in [-0.2, -0.15) is 13.2 Å². The summed E-state index contributed by atoms with van der Waals surface area (Å²) in [7, 11) is 0. The number of nitrogens with zero attached hydrogens (tertiary/aromatic N) is 2. The van der Waals surface area contributed by atoms with Crippen LogP contribution in [0.1, 0.15) is 10.4 Å². The first-order valence-electron chi connectivity index (χ1n) is 8.27. The molecule has 0 bridgehead atoms. The molecule has 0 unspecified atom stereocenters. The van der Waals surface area contributed by atoms with Crippen molar-refractivity contribution in [3.8, 4) is 11.1 Å². The van der Waals surface area contributed by atoms with Gasteiger partial charge in [-0.25, -0.2) is 9.97 Å². The number of anilines is 2. The Hall–Kier alpha value is -2.64. The van der Waals surface area contributed by atoms with Crippen molar-refractivity contribution in [1.82, 2.24) is 9.97 Å². The minimum Gasteiger partial charge on any atom is -0.340 e. The van der Waals surface area contributed by atoms with E-state index in [0.717, 1.165) is 38.4 Å². The van der Waals surface area contributed by atoms with Gasteiger partial charge in [-0.05, 0) is 42.8 Å². The molecular weight excluding hydrogens is 407 g/mol. The van der Waals surface area contributed by atoms with Gasteiger partial charge in [-0.3, -0.25) is 0 Å². The van der Waals surface area contributed by atoms with Gasteiger partial charge in [-0.1, -0.05) is 29.8 Å². The van der Waals surface area contributed by atoms with Crippen LogP contribution in [0.15, 0.2) is 54.9 Å². The molecular formula is C20H13ClF3N3S. The van der Waals surface area contributed by atoms with Gasteiger partial charge in [0.05, 0.1) is 10.9 Å². The highest BCUT2D eigenvalue weighted by Crippen LogP contribution is 2.41. The minimum absolute atomic E-state index is 0.306. The first-order valence-corrected chi connectivity index (χ1v) is 9.46. The van der Waals surface area contributed by atoms with E-state index in [1.807, 2.05) is 19.1 Å². The van der Waals surface area contributed by atoms with Crippen LogP contribution in [-0.4, -0.2) is 9.97 Å². The number of thiophene rings is 1. The summed E-state index contributed by atoms with van der Waals surface area (Å²) in [5.74, 6) is 0.457. The van der Waals surface area contributed by atoms with Crippen molar-refractivity contribution in [2.75, 3.05) is 5.32 Å². The minimum atomic E-state index is -4.41. The fraction of sp³-hybridized carbons (Fsp3) is 0.100. The third-order valence-corrected chi connectivity index (χ3v) is 5.52. The molecule has 0 radical (unpaired) electrons. The summed E-state index contributed by atoms with van der Waals surface area (Å²) < 4.78 is 39.1. The molecule has 2 heterocycles. The molecule has 0 saturated carbocycles. The number of fused-ring (bicyclic) bond motifs is 1. The number of rotatable bonds is 3. The molecule has 0 saturated heterocycles. The zero-order valence-corrected chi connectivity index (χ0v) is 16.1. The number of aryl methyl sites for hydroxylation is 1. The smallest absolute Gasteiger partial charge is 0.340 e. The van der Waals surface area contributed by atoms with Crippen molar-refractivity contribution in [3.05, 3.63) is 70.3 Å². The molecule has 0 fully saturated rings. The molecule has 0 amide bonds. The lowest BCUT2D eigenvalue weighted by molar-refractivity contribution is -0.137. The SMILES string of the molecule is Cc1sc2ncnc(Nc3cccc(C(F)(F)F)c3)c2c1-c1ccc(Cl)cc1. The maximum atomic E-state index is 13.0. The summed E-state index contributed by atoms with van der Waals surface area (Å²) in [6.45, 7) is 1.98. The van der Waals surface area contributed by atoms with E-state index < -0.39 is 11.7 Å². The topological polar surface area (TPSA) is 37.8 Å². The number of benzene rings is 2. The Bertz CT molecular complexity index is 1150. The van der Waals surface area contributed by atoms with Gasteiger partial charge < -0.3 is 5.32 Å². The second kappa shape index (κ2) is 7.07. The Morgan fingerprint density at radius 2 is 1.79 bits per heavy atom. The van der Waals surface area contributed by atoms with Gasteiger partial charge >= 0.3 is 6.18 Å². The summed E-state index contributed by atoms with van der Waals surface area (Å²) in [6, 6.07) is 12.4. The third-order valence-electron chi connectivity index (χ3n) is 4.25. The van der Waals surface area contributed by atoms with Gasteiger partial charge in [0.2, 0.25) is 0 Å². The average molecular weight is 420 g/mol. The van der Waals surface area contributed by atoms with E-state index in [1.54, 1.807) is 18.2 Å². The average Bonchev–Trinajstić information content (AvgIpc) is 2.99. The van der Waals surface area contributed by atoms with Crippen LogP contribution in [0.2, 0.25) is 5.02 Å². The van der Waals surface area contributed by atoms with Crippen LogP contribution in [0.3, 0.4) is 0 Å². The molecule has 4 rings (SSSR count). The molecule has 0 aliphatic carbocycles. The maximum Gasteiger partial charge on any atom is 0.416 e. The first-order chi connectivity index (χ1) is 13.3. The van der Waals surface area contributed by atoms with Crippen LogP contribution in [0, 0.1) is 6.92 Å². The Morgan fingerprint density at radius 3 is 2.50 bits per heavy atom. The Morgan fingerprint density at radius 1 is 1.04 bits per heavy atom. The van der Waals surface area contributed by atoms with Gasteiger partial charge in [0.25, 0.3) is 0 Å². The van der Waals surface area contributed by atoms with E-state index in [-0.39, 0.29) is 0 Å². The van der Waals surface area contributed by atoms with Crippen molar-refractivity contribution < 1.29 is 13.2 Å². The van der Waals surface area contributed by atoms with Gasteiger partial charge in [-0.15, -0.1) is 11.3 Å². The van der Waals surface area contributed by atoms with E-state index in [9.17, 15) is 13.2 Å². The van der Waals surface area contributed by atoms with E-state index in [0.29, 0.717) is 16.5 Å². The van der Waals surface area contributed by atoms with E-state index in [2.05, 4.69) is 15.3 Å². The standard InChI is InChI=1S/C20H13ClF3N3S/c1-11-16(12-5-7-14(21)8-6-12)17-18(25-10-26-19(17)28-11)27-15-4-2-3-13(9-15)20(22,23)24/h2-10H,1H3,(H,25,26,27). The van der Waals surface area contributed by atoms with Crippen molar-refractivity contribution in [2.24, 2.45) is 0 Å². The second-order valence-corrected chi connectivity index (χ2v) is 7.79. The summed E-state index contributed by atoms with van der Waals surface area (Å²) in [5.41, 5.74) is 1.46. The molecule has 0 spiro atoms. The molecule has 2 aromatic carbocycles.